The first kappa shape index (κ1) is 15.3. The second-order valence-electron chi connectivity index (χ2n) is 6.87. The molecular weight excluding hydrogens is 298 g/mol. The van der Waals surface area contributed by atoms with Crippen LogP contribution in [0.15, 0.2) is 42.5 Å². The minimum absolute atomic E-state index is 0.0326. The zero-order chi connectivity index (χ0) is 16.5. The Balaban J connectivity index is 1.45. The molecule has 1 heterocycles. The van der Waals surface area contributed by atoms with Gasteiger partial charge in [-0.3, -0.25) is 4.79 Å². The standard InChI is InChI=1S/C21H23NO2/c1-15-12-18-8-4-5-9-20(18)22(15)21(23)14-24-19-11-10-16-6-2-3-7-17(16)13-19/h4-5,8-11,13,15H,2-3,6-7,12,14H2,1H3/t15-/m0/s1. The molecule has 3 heteroatoms. The van der Waals surface area contributed by atoms with Crippen LogP contribution in [0, 0.1) is 0 Å². The van der Waals surface area contributed by atoms with Crippen LogP contribution in [0.25, 0.3) is 0 Å². The lowest BCUT2D eigenvalue weighted by atomic mass is 9.92. The molecule has 0 bridgehead atoms. The SMILES string of the molecule is C[C@H]1Cc2ccccc2N1C(=O)COc1ccc2c(c1)CCCC2. The Morgan fingerprint density at radius 1 is 1.08 bits per heavy atom. The van der Waals surface area contributed by atoms with Crippen molar-refractivity contribution < 1.29 is 9.53 Å². The lowest BCUT2D eigenvalue weighted by Crippen LogP contribution is -2.39. The minimum Gasteiger partial charge on any atom is -0.484 e. The van der Waals surface area contributed by atoms with E-state index in [9.17, 15) is 4.79 Å². The number of aryl methyl sites for hydroxylation is 2. The molecular formula is C21H23NO2. The molecule has 0 saturated heterocycles. The second kappa shape index (κ2) is 6.31. The van der Waals surface area contributed by atoms with Crippen LogP contribution in [0.2, 0.25) is 0 Å². The fourth-order valence-corrected chi connectivity index (χ4v) is 3.96. The number of para-hydroxylation sites is 1. The van der Waals surface area contributed by atoms with E-state index in [1.165, 1.54) is 29.5 Å². The fraction of sp³-hybridized carbons (Fsp3) is 0.381. The van der Waals surface area contributed by atoms with Crippen molar-refractivity contribution in [1.82, 2.24) is 0 Å². The minimum atomic E-state index is 0.0326. The van der Waals surface area contributed by atoms with E-state index in [-0.39, 0.29) is 18.6 Å². The van der Waals surface area contributed by atoms with Crippen LogP contribution in [-0.2, 0) is 24.1 Å². The number of hydrogen-bond donors (Lipinski definition) is 0. The van der Waals surface area contributed by atoms with Crippen LogP contribution >= 0.6 is 0 Å². The lowest BCUT2D eigenvalue weighted by Gasteiger charge is -2.23. The number of nitrogens with zero attached hydrogens (tertiary/aromatic N) is 1. The average molecular weight is 321 g/mol. The number of carbonyl (C=O) groups is 1. The molecule has 2 aromatic rings. The van der Waals surface area contributed by atoms with Crippen molar-refractivity contribution in [3.63, 3.8) is 0 Å². The molecule has 1 atom stereocenters. The van der Waals surface area contributed by atoms with Crippen LogP contribution in [-0.4, -0.2) is 18.6 Å². The van der Waals surface area contributed by atoms with E-state index in [0.717, 1.165) is 30.7 Å². The van der Waals surface area contributed by atoms with Gasteiger partial charge < -0.3 is 9.64 Å². The van der Waals surface area contributed by atoms with Crippen LogP contribution in [0.5, 0.6) is 5.75 Å². The van der Waals surface area contributed by atoms with Gasteiger partial charge in [-0.15, -0.1) is 0 Å². The zero-order valence-corrected chi connectivity index (χ0v) is 14.1. The normalized spacial score (nSPS) is 18.9. The summed E-state index contributed by atoms with van der Waals surface area (Å²) in [5.41, 5.74) is 5.09. The van der Waals surface area contributed by atoms with Crippen LogP contribution < -0.4 is 9.64 Å². The van der Waals surface area contributed by atoms with E-state index in [1.807, 2.05) is 29.2 Å². The number of hydrogen-bond acceptors (Lipinski definition) is 2. The van der Waals surface area contributed by atoms with Gasteiger partial charge in [0.2, 0.25) is 0 Å². The van der Waals surface area contributed by atoms with Crippen molar-refractivity contribution in [2.24, 2.45) is 0 Å². The largest absolute Gasteiger partial charge is 0.484 e. The van der Waals surface area contributed by atoms with Gasteiger partial charge in [0.05, 0.1) is 0 Å². The number of amides is 1. The number of benzene rings is 2. The lowest BCUT2D eigenvalue weighted by molar-refractivity contribution is -0.120. The highest BCUT2D eigenvalue weighted by Gasteiger charge is 2.30. The first-order valence-corrected chi connectivity index (χ1v) is 8.87. The third kappa shape index (κ3) is 2.79. The summed E-state index contributed by atoms with van der Waals surface area (Å²) in [5.74, 6) is 0.842. The molecule has 0 spiro atoms. The van der Waals surface area contributed by atoms with Crippen LogP contribution in [0.3, 0.4) is 0 Å². The summed E-state index contributed by atoms with van der Waals surface area (Å²) >= 11 is 0. The van der Waals surface area contributed by atoms with Gasteiger partial charge in [-0.2, -0.15) is 0 Å². The zero-order valence-electron chi connectivity index (χ0n) is 14.1. The van der Waals surface area contributed by atoms with Gasteiger partial charge in [0.25, 0.3) is 5.91 Å². The van der Waals surface area contributed by atoms with Crippen molar-refractivity contribution in [2.75, 3.05) is 11.5 Å². The Labute approximate surface area is 143 Å². The van der Waals surface area contributed by atoms with Crippen LogP contribution in [0.1, 0.15) is 36.5 Å². The molecule has 0 aromatic heterocycles. The molecule has 1 amide bonds. The third-order valence-electron chi connectivity index (χ3n) is 5.16. The Morgan fingerprint density at radius 2 is 1.88 bits per heavy atom. The van der Waals surface area contributed by atoms with Gasteiger partial charge in [0, 0.05) is 11.7 Å². The first-order valence-electron chi connectivity index (χ1n) is 8.87. The predicted molar refractivity (Wildman–Crippen MR) is 95.7 cm³/mol. The average Bonchev–Trinajstić information content (AvgIpc) is 2.95. The van der Waals surface area contributed by atoms with Crippen LogP contribution in [0.4, 0.5) is 5.69 Å². The Kier molecular flexibility index (Phi) is 4.01. The first-order chi connectivity index (χ1) is 11.7. The smallest absolute Gasteiger partial charge is 0.265 e. The van der Waals surface area contributed by atoms with Gasteiger partial charge >= 0.3 is 0 Å². The highest BCUT2D eigenvalue weighted by Crippen LogP contribution is 2.32. The summed E-state index contributed by atoms with van der Waals surface area (Å²) in [6.45, 7) is 2.19. The molecule has 24 heavy (non-hydrogen) atoms. The number of fused-ring (bicyclic) bond motifs is 2. The maximum Gasteiger partial charge on any atom is 0.265 e. The van der Waals surface area contributed by atoms with E-state index >= 15 is 0 Å². The molecule has 0 unspecified atom stereocenters. The molecule has 1 aliphatic carbocycles. The number of anilines is 1. The van der Waals surface area contributed by atoms with Crippen molar-refractivity contribution in [1.29, 1.82) is 0 Å². The Bertz CT molecular complexity index is 768. The number of carbonyl (C=O) groups excluding carboxylic acids is 1. The molecule has 0 N–H and O–H groups in total. The quantitative estimate of drug-likeness (QED) is 0.857. The Morgan fingerprint density at radius 3 is 2.75 bits per heavy atom. The van der Waals surface area contributed by atoms with Crippen molar-refractivity contribution in [3.8, 4) is 5.75 Å². The van der Waals surface area contributed by atoms with E-state index < -0.39 is 0 Å². The molecule has 0 fully saturated rings. The molecule has 3 nitrogen and oxygen atoms in total. The van der Waals surface area contributed by atoms with E-state index in [0.29, 0.717) is 0 Å². The number of ether oxygens (including phenoxy) is 1. The summed E-state index contributed by atoms with van der Waals surface area (Å²) in [6.07, 6.45) is 5.73. The molecule has 2 aromatic carbocycles. The van der Waals surface area contributed by atoms with E-state index in [1.54, 1.807) is 0 Å². The summed E-state index contributed by atoms with van der Waals surface area (Å²) in [4.78, 5) is 14.6. The highest BCUT2D eigenvalue weighted by molar-refractivity contribution is 5.97. The summed E-state index contributed by atoms with van der Waals surface area (Å²) in [7, 11) is 0. The third-order valence-corrected chi connectivity index (χ3v) is 5.16. The maximum absolute atomic E-state index is 12.7. The summed E-state index contributed by atoms with van der Waals surface area (Å²) < 4.78 is 5.82. The van der Waals surface area contributed by atoms with Crippen molar-refractivity contribution in [2.45, 2.75) is 45.1 Å². The second-order valence-corrected chi connectivity index (χ2v) is 6.87. The van der Waals surface area contributed by atoms with Crippen molar-refractivity contribution >= 4 is 11.6 Å². The topological polar surface area (TPSA) is 29.5 Å². The van der Waals surface area contributed by atoms with Crippen molar-refractivity contribution in [3.05, 3.63) is 59.2 Å². The summed E-state index contributed by atoms with van der Waals surface area (Å²) in [6, 6.07) is 14.6. The number of rotatable bonds is 3. The van der Waals surface area contributed by atoms with Gasteiger partial charge in [-0.25, -0.2) is 0 Å². The molecule has 2 aliphatic rings. The molecule has 1 aliphatic heterocycles. The molecule has 4 rings (SSSR count). The van der Waals surface area contributed by atoms with E-state index in [4.69, 9.17) is 4.74 Å². The van der Waals surface area contributed by atoms with Gasteiger partial charge in [0.1, 0.15) is 5.75 Å². The molecule has 0 saturated carbocycles. The maximum atomic E-state index is 12.7. The van der Waals surface area contributed by atoms with Gasteiger partial charge in [-0.1, -0.05) is 24.3 Å². The fourth-order valence-electron chi connectivity index (χ4n) is 3.96. The molecule has 124 valence electrons. The predicted octanol–water partition coefficient (Wildman–Crippen LogP) is 3.92. The summed E-state index contributed by atoms with van der Waals surface area (Å²) in [5, 5.41) is 0. The van der Waals surface area contributed by atoms with Gasteiger partial charge in [-0.05, 0) is 73.9 Å². The van der Waals surface area contributed by atoms with Gasteiger partial charge in [0.15, 0.2) is 6.61 Å². The highest BCUT2D eigenvalue weighted by atomic mass is 16.5. The monoisotopic (exact) mass is 321 g/mol. The van der Waals surface area contributed by atoms with E-state index in [2.05, 4.69) is 25.1 Å². The Hall–Kier alpha value is -2.29. The molecule has 0 radical (unpaired) electrons.